The third-order valence-electron chi connectivity index (χ3n) is 3.20. The van der Waals surface area contributed by atoms with Crippen molar-refractivity contribution in [2.45, 2.75) is 12.8 Å². The van der Waals surface area contributed by atoms with Crippen LogP contribution in [-0.4, -0.2) is 36.6 Å². The minimum atomic E-state index is -0.646. The van der Waals surface area contributed by atoms with Crippen LogP contribution in [0.25, 0.3) is 0 Å². The molecule has 0 bridgehead atoms. The van der Waals surface area contributed by atoms with Crippen LogP contribution in [0, 0.1) is 17.6 Å². The Labute approximate surface area is 99.8 Å². The van der Waals surface area contributed by atoms with E-state index in [4.69, 9.17) is 0 Å². The summed E-state index contributed by atoms with van der Waals surface area (Å²) in [7, 11) is 2.10. The number of pyridine rings is 1. The van der Waals surface area contributed by atoms with Gasteiger partial charge in [0.05, 0.1) is 6.20 Å². The molecule has 1 saturated heterocycles. The highest BCUT2D eigenvalue weighted by Gasteiger charge is 2.17. The molecule has 1 aliphatic heterocycles. The van der Waals surface area contributed by atoms with E-state index in [2.05, 4.69) is 22.2 Å². The van der Waals surface area contributed by atoms with Crippen molar-refractivity contribution in [2.24, 2.45) is 5.92 Å². The monoisotopic (exact) mass is 241 g/mol. The van der Waals surface area contributed by atoms with Crippen molar-refractivity contribution in [3.63, 3.8) is 0 Å². The second kappa shape index (κ2) is 5.40. The van der Waals surface area contributed by atoms with Crippen LogP contribution >= 0.6 is 0 Å². The lowest BCUT2D eigenvalue weighted by Gasteiger charge is -2.29. The van der Waals surface area contributed by atoms with Gasteiger partial charge in [0.1, 0.15) is 5.82 Å². The number of nitrogens with one attached hydrogen (secondary N) is 1. The summed E-state index contributed by atoms with van der Waals surface area (Å²) < 4.78 is 25.9. The summed E-state index contributed by atoms with van der Waals surface area (Å²) in [6, 6.07) is 0.851. The molecule has 0 spiro atoms. The van der Waals surface area contributed by atoms with Crippen molar-refractivity contribution in [1.29, 1.82) is 0 Å². The van der Waals surface area contributed by atoms with E-state index in [1.807, 2.05) is 0 Å². The number of hydrogen-bond acceptors (Lipinski definition) is 3. The number of aromatic nitrogens is 1. The first kappa shape index (κ1) is 12.2. The Morgan fingerprint density at radius 2 is 2.12 bits per heavy atom. The van der Waals surface area contributed by atoms with Crippen LogP contribution in [0.3, 0.4) is 0 Å². The summed E-state index contributed by atoms with van der Waals surface area (Å²) in [4.78, 5) is 5.99. The predicted molar refractivity (Wildman–Crippen MR) is 62.9 cm³/mol. The standard InChI is InChI=1S/C12H17F2N3/c1-17-4-2-9(3-5-17)7-15-12-11(14)6-10(13)8-16-12/h6,8-9H,2-5,7H2,1H3,(H,15,16). The van der Waals surface area contributed by atoms with Gasteiger partial charge >= 0.3 is 0 Å². The molecule has 2 heterocycles. The van der Waals surface area contributed by atoms with Gasteiger partial charge < -0.3 is 10.2 Å². The fraction of sp³-hybridized carbons (Fsp3) is 0.583. The first-order valence-electron chi connectivity index (χ1n) is 5.88. The number of anilines is 1. The Hall–Kier alpha value is -1.23. The van der Waals surface area contributed by atoms with Gasteiger partial charge in [-0.25, -0.2) is 13.8 Å². The number of hydrogen-bond donors (Lipinski definition) is 1. The molecule has 1 aromatic heterocycles. The number of piperidine rings is 1. The third-order valence-corrected chi connectivity index (χ3v) is 3.20. The molecule has 5 heteroatoms. The number of halogens is 2. The van der Waals surface area contributed by atoms with E-state index in [1.165, 1.54) is 0 Å². The smallest absolute Gasteiger partial charge is 0.168 e. The summed E-state index contributed by atoms with van der Waals surface area (Å²) in [5.41, 5.74) is 0. The molecule has 1 aromatic rings. The number of likely N-dealkylation sites (tertiary alicyclic amines) is 1. The highest BCUT2D eigenvalue weighted by molar-refractivity contribution is 5.35. The summed E-state index contributed by atoms with van der Waals surface area (Å²) in [6.45, 7) is 2.85. The first-order chi connectivity index (χ1) is 8.15. The van der Waals surface area contributed by atoms with Crippen molar-refractivity contribution < 1.29 is 8.78 Å². The van der Waals surface area contributed by atoms with Crippen molar-refractivity contribution in [2.75, 3.05) is 32.0 Å². The molecule has 0 unspecified atom stereocenters. The Morgan fingerprint density at radius 1 is 1.41 bits per heavy atom. The zero-order valence-corrected chi connectivity index (χ0v) is 9.92. The van der Waals surface area contributed by atoms with Gasteiger partial charge in [-0.2, -0.15) is 0 Å². The predicted octanol–water partition coefficient (Wildman–Crippen LogP) is 2.11. The highest BCUT2D eigenvalue weighted by atomic mass is 19.1. The molecule has 1 fully saturated rings. The maximum atomic E-state index is 13.3. The van der Waals surface area contributed by atoms with E-state index in [1.54, 1.807) is 0 Å². The lowest BCUT2D eigenvalue weighted by molar-refractivity contribution is 0.226. The second-order valence-electron chi connectivity index (χ2n) is 4.61. The lowest BCUT2D eigenvalue weighted by Crippen LogP contribution is -2.33. The summed E-state index contributed by atoms with van der Waals surface area (Å²) in [5.74, 6) is -0.590. The average molecular weight is 241 g/mol. The van der Waals surface area contributed by atoms with Gasteiger partial charge in [-0.1, -0.05) is 0 Å². The largest absolute Gasteiger partial charge is 0.367 e. The van der Waals surface area contributed by atoms with Gasteiger partial charge in [-0.15, -0.1) is 0 Å². The Bertz CT molecular complexity index is 376. The number of rotatable bonds is 3. The molecular weight excluding hydrogens is 224 g/mol. The third kappa shape index (κ3) is 3.36. The molecule has 0 atom stereocenters. The van der Waals surface area contributed by atoms with Crippen LogP contribution in [0.15, 0.2) is 12.3 Å². The van der Waals surface area contributed by atoms with Crippen LogP contribution in [0.5, 0.6) is 0 Å². The average Bonchev–Trinajstić information content (AvgIpc) is 2.30. The summed E-state index contributed by atoms with van der Waals surface area (Å²) in [5, 5.41) is 2.95. The fourth-order valence-corrected chi connectivity index (χ4v) is 2.05. The van der Waals surface area contributed by atoms with Gasteiger partial charge in [0.25, 0.3) is 0 Å². The van der Waals surface area contributed by atoms with Crippen molar-refractivity contribution >= 4 is 5.82 Å². The molecule has 94 valence electrons. The molecule has 0 amide bonds. The number of nitrogens with zero attached hydrogens (tertiary/aromatic N) is 2. The Balaban J connectivity index is 1.85. The Kier molecular flexibility index (Phi) is 3.89. The Morgan fingerprint density at radius 3 is 2.76 bits per heavy atom. The topological polar surface area (TPSA) is 28.2 Å². The quantitative estimate of drug-likeness (QED) is 0.878. The van der Waals surface area contributed by atoms with Crippen LogP contribution in [0.4, 0.5) is 14.6 Å². The maximum Gasteiger partial charge on any atom is 0.168 e. The molecule has 0 aromatic carbocycles. The molecule has 1 N–H and O–H groups in total. The van der Waals surface area contributed by atoms with E-state index in [0.717, 1.165) is 38.2 Å². The normalized spacial score (nSPS) is 18.3. The summed E-state index contributed by atoms with van der Waals surface area (Å²) in [6.07, 6.45) is 3.23. The summed E-state index contributed by atoms with van der Waals surface area (Å²) >= 11 is 0. The zero-order chi connectivity index (χ0) is 12.3. The van der Waals surface area contributed by atoms with E-state index in [-0.39, 0.29) is 5.82 Å². The van der Waals surface area contributed by atoms with E-state index in [9.17, 15) is 8.78 Å². The van der Waals surface area contributed by atoms with Crippen molar-refractivity contribution in [3.8, 4) is 0 Å². The fourth-order valence-electron chi connectivity index (χ4n) is 2.05. The van der Waals surface area contributed by atoms with Crippen LogP contribution in [-0.2, 0) is 0 Å². The zero-order valence-electron chi connectivity index (χ0n) is 9.92. The van der Waals surface area contributed by atoms with E-state index >= 15 is 0 Å². The second-order valence-corrected chi connectivity index (χ2v) is 4.61. The van der Waals surface area contributed by atoms with E-state index < -0.39 is 11.6 Å². The van der Waals surface area contributed by atoms with Crippen molar-refractivity contribution in [1.82, 2.24) is 9.88 Å². The molecule has 0 saturated carbocycles. The lowest BCUT2D eigenvalue weighted by atomic mass is 9.97. The van der Waals surface area contributed by atoms with Gasteiger partial charge in [-0.05, 0) is 38.9 Å². The minimum absolute atomic E-state index is 0.144. The van der Waals surface area contributed by atoms with Gasteiger partial charge in [0, 0.05) is 12.6 Å². The molecule has 0 radical (unpaired) electrons. The SMILES string of the molecule is CN1CCC(CNc2ncc(F)cc2F)CC1. The highest BCUT2D eigenvalue weighted by Crippen LogP contribution is 2.17. The van der Waals surface area contributed by atoms with Crippen molar-refractivity contribution in [3.05, 3.63) is 23.9 Å². The van der Waals surface area contributed by atoms with E-state index in [0.29, 0.717) is 12.5 Å². The molecule has 17 heavy (non-hydrogen) atoms. The first-order valence-corrected chi connectivity index (χ1v) is 5.88. The molecule has 0 aliphatic carbocycles. The van der Waals surface area contributed by atoms with Crippen LogP contribution in [0.2, 0.25) is 0 Å². The van der Waals surface area contributed by atoms with Gasteiger partial charge in [-0.3, -0.25) is 0 Å². The van der Waals surface area contributed by atoms with Crippen LogP contribution < -0.4 is 5.32 Å². The minimum Gasteiger partial charge on any atom is -0.367 e. The molecular formula is C12H17F2N3. The molecule has 3 nitrogen and oxygen atoms in total. The van der Waals surface area contributed by atoms with Gasteiger partial charge in [0.15, 0.2) is 11.6 Å². The maximum absolute atomic E-state index is 13.3. The van der Waals surface area contributed by atoms with Crippen LogP contribution in [0.1, 0.15) is 12.8 Å². The molecule has 2 rings (SSSR count). The van der Waals surface area contributed by atoms with Gasteiger partial charge in [0.2, 0.25) is 0 Å². The molecule has 1 aliphatic rings.